The molecule has 3 rings (SSSR count). The van der Waals surface area contributed by atoms with Crippen LogP contribution in [0.15, 0.2) is 54.6 Å². The van der Waals surface area contributed by atoms with Crippen molar-refractivity contribution in [3.05, 3.63) is 77.1 Å². The first-order valence-corrected chi connectivity index (χ1v) is 8.97. The molecular weight excluding hydrogens is 297 g/mol. The van der Waals surface area contributed by atoms with Crippen LogP contribution in [-0.4, -0.2) is 0 Å². The van der Waals surface area contributed by atoms with E-state index in [4.69, 9.17) is 5.73 Å². The van der Waals surface area contributed by atoms with Crippen LogP contribution in [0.1, 0.15) is 56.2 Å². The van der Waals surface area contributed by atoms with Gasteiger partial charge in [-0.1, -0.05) is 69.2 Å². The van der Waals surface area contributed by atoms with Crippen LogP contribution in [0.2, 0.25) is 0 Å². The predicted octanol–water partition coefficient (Wildman–Crippen LogP) is 5.64. The van der Waals surface area contributed by atoms with Crippen molar-refractivity contribution in [1.82, 2.24) is 0 Å². The van der Waals surface area contributed by atoms with E-state index in [9.17, 15) is 4.39 Å². The van der Waals surface area contributed by atoms with Crippen molar-refractivity contribution in [2.24, 2.45) is 11.7 Å². The van der Waals surface area contributed by atoms with Crippen molar-refractivity contribution in [3.63, 3.8) is 0 Å². The molecule has 0 saturated heterocycles. The minimum absolute atomic E-state index is 0.188. The van der Waals surface area contributed by atoms with Gasteiger partial charge in [0.25, 0.3) is 0 Å². The molecule has 2 aromatic carbocycles. The lowest BCUT2D eigenvalue weighted by Gasteiger charge is -2.33. The number of halogens is 1. The smallest absolute Gasteiger partial charge is 0.123 e. The Morgan fingerprint density at radius 1 is 1.08 bits per heavy atom. The minimum atomic E-state index is -0.583. The van der Waals surface area contributed by atoms with Crippen molar-refractivity contribution >= 4 is 5.57 Å². The molecule has 2 heteroatoms. The zero-order chi connectivity index (χ0) is 17.2. The van der Waals surface area contributed by atoms with Crippen molar-refractivity contribution in [1.29, 1.82) is 0 Å². The predicted molar refractivity (Wildman–Crippen MR) is 99.1 cm³/mol. The van der Waals surface area contributed by atoms with E-state index in [1.54, 1.807) is 6.07 Å². The quantitative estimate of drug-likeness (QED) is 0.757. The van der Waals surface area contributed by atoms with Gasteiger partial charge >= 0.3 is 0 Å². The van der Waals surface area contributed by atoms with Crippen LogP contribution in [0, 0.1) is 11.7 Å². The molecule has 1 aliphatic carbocycles. The summed E-state index contributed by atoms with van der Waals surface area (Å²) in [6, 6.07) is 15.3. The Hall–Kier alpha value is -1.93. The van der Waals surface area contributed by atoms with E-state index in [1.165, 1.54) is 11.6 Å². The molecule has 1 nitrogen and oxygen atoms in total. The van der Waals surface area contributed by atoms with Gasteiger partial charge in [0.2, 0.25) is 0 Å². The monoisotopic (exact) mass is 323 g/mol. The van der Waals surface area contributed by atoms with Gasteiger partial charge in [0.15, 0.2) is 0 Å². The molecule has 0 aliphatic heterocycles. The van der Waals surface area contributed by atoms with Gasteiger partial charge in [-0.2, -0.15) is 0 Å². The van der Waals surface area contributed by atoms with E-state index in [0.717, 1.165) is 42.4 Å². The minimum Gasteiger partial charge on any atom is -0.317 e. The largest absolute Gasteiger partial charge is 0.317 e. The second-order valence-electron chi connectivity index (χ2n) is 6.71. The zero-order valence-electron chi connectivity index (χ0n) is 14.6. The van der Waals surface area contributed by atoms with E-state index >= 15 is 0 Å². The third-order valence-electron chi connectivity index (χ3n) is 5.15. The van der Waals surface area contributed by atoms with Gasteiger partial charge in [-0.05, 0) is 47.2 Å². The SMILES string of the molecule is CCC/C=C1/c2cc(F)ccc2[C@@](N)(c2ccccc2)[C@@H]1CCC. The number of hydrogen-bond acceptors (Lipinski definition) is 1. The van der Waals surface area contributed by atoms with Crippen LogP contribution in [0.5, 0.6) is 0 Å². The summed E-state index contributed by atoms with van der Waals surface area (Å²) in [6.07, 6.45) is 6.40. The maximum absolute atomic E-state index is 14.0. The fourth-order valence-electron chi connectivity index (χ4n) is 4.03. The normalized spacial score (nSPS) is 24.3. The van der Waals surface area contributed by atoms with E-state index in [2.05, 4.69) is 32.1 Å². The number of rotatable bonds is 5. The first kappa shape index (κ1) is 16.9. The van der Waals surface area contributed by atoms with Gasteiger partial charge in [-0.15, -0.1) is 0 Å². The summed E-state index contributed by atoms with van der Waals surface area (Å²) in [6.45, 7) is 4.35. The molecule has 0 radical (unpaired) electrons. The Kier molecular flexibility index (Phi) is 4.86. The zero-order valence-corrected chi connectivity index (χ0v) is 14.6. The van der Waals surface area contributed by atoms with Crippen LogP contribution < -0.4 is 5.73 Å². The first-order chi connectivity index (χ1) is 11.6. The summed E-state index contributed by atoms with van der Waals surface area (Å²) in [5.41, 5.74) is 10.9. The second-order valence-corrected chi connectivity index (χ2v) is 6.71. The van der Waals surface area contributed by atoms with Crippen molar-refractivity contribution in [2.75, 3.05) is 0 Å². The summed E-state index contributed by atoms with van der Waals surface area (Å²) in [5, 5.41) is 0. The van der Waals surface area contributed by atoms with Crippen LogP contribution in [-0.2, 0) is 5.54 Å². The number of benzene rings is 2. The average Bonchev–Trinajstić information content (AvgIpc) is 2.83. The summed E-state index contributed by atoms with van der Waals surface area (Å²) in [4.78, 5) is 0. The average molecular weight is 323 g/mol. The van der Waals surface area contributed by atoms with Gasteiger partial charge in [0.1, 0.15) is 5.82 Å². The van der Waals surface area contributed by atoms with Gasteiger partial charge in [-0.25, -0.2) is 4.39 Å². The number of unbranched alkanes of at least 4 members (excludes halogenated alkanes) is 1. The van der Waals surface area contributed by atoms with Gasteiger partial charge in [0, 0.05) is 5.92 Å². The van der Waals surface area contributed by atoms with E-state index in [-0.39, 0.29) is 11.7 Å². The second kappa shape index (κ2) is 6.90. The van der Waals surface area contributed by atoms with E-state index in [0.29, 0.717) is 0 Å². The lowest BCUT2D eigenvalue weighted by atomic mass is 9.75. The third-order valence-corrected chi connectivity index (χ3v) is 5.15. The van der Waals surface area contributed by atoms with Crippen molar-refractivity contribution in [3.8, 4) is 0 Å². The van der Waals surface area contributed by atoms with Crippen molar-refractivity contribution in [2.45, 2.75) is 45.1 Å². The highest BCUT2D eigenvalue weighted by molar-refractivity contribution is 5.79. The summed E-state index contributed by atoms with van der Waals surface area (Å²) < 4.78 is 14.0. The highest BCUT2D eigenvalue weighted by Crippen LogP contribution is 2.52. The number of fused-ring (bicyclic) bond motifs is 1. The molecule has 126 valence electrons. The Bertz CT molecular complexity index is 735. The molecule has 0 amide bonds. The highest BCUT2D eigenvalue weighted by Gasteiger charge is 2.47. The molecule has 2 N–H and O–H groups in total. The van der Waals surface area contributed by atoms with Crippen molar-refractivity contribution < 1.29 is 4.39 Å². The molecule has 1 aliphatic rings. The Balaban J connectivity index is 2.24. The first-order valence-electron chi connectivity index (χ1n) is 8.97. The summed E-state index contributed by atoms with van der Waals surface area (Å²) in [5.74, 6) is -0.00282. The molecule has 2 atom stereocenters. The molecule has 0 aromatic heterocycles. The van der Waals surface area contributed by atoms with Gasteiger partial charge in [-0.3, -0.25) is 0 Å². The molecule has 0 fully saturated rings. The molecule has 24 heavy (non-hydrogen) atoms. The molecule has 0 spiro atoms. The van der Waals surface area contributed by atoms with E-state index in [1.807, 2.05) is 24.3 Å². The van der Waals surface area contributed by atoms with Crippen LogP contribution in [0.25, 0.3) is 5.57 Å². The highest BCUT2D eigenvalue weighted by atomic mass is 19.1. The van der Waals surface area contributed by atoms with Crippen LogP contribution >= 0.6 is 0 Å². The molecular formula is C22H26FN. The molecule has 0 heterocycles. The fourth-order valence-corrected chi connectivity index (χ4v) is 4.03. The topological polar surface area (TPSA) is 26.0 Å². The maximum atomic E-state index is 14.0. The molecule has 0 unspecified atom stereocenters. The fraction of sp³-hybridized carbons (Fsp3) is 0.364. The Morgan fingerprint density at radius 2 is 1.83 bits per heavy atom. The summed E-state index contributed by atoms with van der Waals surface area (Å²) >= 11 is 0. The van der Waals surface area contributed by atoms with Gasteiger partial charge < -0.3 is 5.73 Å². The maximum Gasteiger partial charge on any atom is 0.123 e. The Labute approximate surface area is 144 Å². The summed E-state index contributed by atoms with van der Waals surface area (Å²) in [7, 11) is 0. The molecule has 0 saturated carbocycles. The Morgan fingerprint density at radius 3 is 2.50 bits per heavy atom. The number of hydrogen-bond donors (Lipinski definition) is 1. The lowest BCUT2D eigenvalue weighted by molar-refractivity contribution is 0.398. The van der Waals surface area contributed by atoms with Crippen LogP contribution in [0.4, 0.5) is 4.39 Å². The molecule has 2 aromatic rings. The number of allylic oxidation sites excluding steroid dienone is 1. The van der Waals surface area contributed by atoms with Crippen LogP contribution in [0.3, 0.4) is 0 Å². The molecule has 0 bridgehead atoms. The van der Waals surface area contributed by atoms with Gasteiger partial charge in [0.05, 0.1) is 5.54 Å². The third kappa shape index (κ3) is 2.69. The van der Waals surface area contributed by atoms with E-state index < -0.39 is 5.54 Å². The number of nitrogens with two attached hydrogens (primary N) is 1. The standard InChI is InChI=1S/C22H26FN/c1-3-5-12-18-19-15-17(23)13-14-21(19)22(24,20(18)9-4-2)16-10-7-6-8-11-16/h6-8,10-15,20H,3-5,9,24H2,1-2H3/b18-12-/t20-,22-/m1/s1. The lowest BCUT2D eigenvalue weighted by Crippen LogP contribution is -2.42.